The van der Waals surface area contributed by atoms with Crippen molar-refractivity contribution in [3.63, 3.8) is 0 Å². The topological polar surface area (TPSA) is 0 Å². The van der Waals surface area contributed by atoms with E-state index in [0.29, 0.717) is 0 Å². The molecule has 1 fully saturated rings. The molecule has 0 aromatic rings. The van der Waals surface area contributed by atoms with Crippen molar-refractivity contribution >= 4 is 0 Å². The van der Waals surface area contributed by atoms with E-state index in [9.17, 15) is 0 Å². The molecule has 0 aliphatic heterocycles. The van der Waals surface area contributed by atoms with Gasteiger partial charge >= 0.3 is 0 Å². The van der Waals surface area contributed by atoms with E-state index >= 15 is 0 Å². The zero-order chi connectivity index (χ0) is 7.45. The van der Waals surface area contributed by atoms with E-state index in [4.69, 9.17) is 0 Å². The largest absolute Gasteiger partial charge is 0.0654 e. The Balaban J connectivity index is 2.01. The maximum Gasteiger partial charge on any atom is -0.0300 e. The highest BCUT2D eigenvalue weighted by Gasteiger charge is 2.39. The predicted molar refractivity (Wildman–Crippen MR) is 46.1 cm³/mol. The Morgan fingerprint density at radius 1 is 1.10 bits per heavy atom. The SMILES string of the molecule is CCCCCC1(CC)CC1. The van der Waals surface area contributed by atoms with Gasteiger partial charge in [0, 0.05) is 0 Å². The van der Waals surface area contributed by atoms with Crippen molar-refractivity contribution in [2.24, 2.45) is 5.41 Å². The highest BCUT2D eigenvalue weighted by molar-refractivity contribution is 4.91. The van der Waals surface area contributed by atoms with Gasteiger partial charge < -0.3 is 0 Å². The lowest BCUT2D eigenvalue weighted by Gasteiger charge is -2.10. The Morgan fingerprint density at radius 2 is 1.80 bits per heavy atom. The van der Waals surface area contributed by atoms with Crippen molar-refractivity contribution in [3.05, 3.63) is 0 Å². The number of rotatable bonds is 5. The minimum absolute atomic E-state index is 0.842. The van der Waals surface area contributed by atoms with E-state index < -0.39 is 0 Å². The molecular weight excluding hydrogens is 120 g/mol. The van der Waals surface area contributed by atoms with Gasteiger partial charge in [-0.05, 0) is 24.7 Å². The molecule has 0 bridgehead atoms. The molecule has 0 aromatic heterocycles. The summed E-state index contributed by atoms with van der Waals surface area (Å²) < 4.78 is 0. The smallest absolute Gasteiger partial charge is 0.0300 e. The summed E-state index contributed by atoms with van der Waals surface area (Å²) in [7, 11) is 0. The summed E-state index contributed by atoms with van der Waals surface area (Å²) in [6.45, 7) is 4.63. The second-order valence-corrected chi connectivity index (χ2v) is 3.81. The van der Waals surface area contributed by atoms with Crippen LogP contribution in [0.3, 0.4) is 0 Å². The molecule has 1 rings (SSSR count). The van der Waals surface area contributed by atoms with Crippen LogP contribution in [0.4, 0.5) is 0 Å². The van der Waals surface area contributed by atoms with Crippen molar-refractivity contribution in [1.29, 1.82) is 0 Å². The van der Waals surface area contributed by atoms with Crippen LogP contribution < -0.4 is 0 Å². The van der Waals surface area contributed by atoms with Gasteiger partial charge in [0.2, 0.25) is 0 Å². The molecule has 0 amide bonds. The van der Waals surface area contributed by atoms with E-state index in [0.717, 1.165) is 5.41 Å². The summed E-state index contributed by atoms with van der Waals surface area (Å²) in [5, 5.41) is 0. The summed E-state index contributed by atoms with van der Waals surface area (Å²) in [5.74, 6) is 0. The molecule has 0 atom stereocenters. The standard InChI is InChI=1S/C10H20/c1-3-5-6-7-10(4-2)8-9-10/h3-9H2,1-2H3. The fraction of sp³-hybridized carbons (Fsp3) is 1.00. The second kappa shape index (κ2) is 3.41. The molecule has 0 N–H and O–H groups in total. The summed E-state index contributed by atoms with van der Waals surface area (Å²) >= 11 is 0. The quantitative estimate of drug-likeness (QED) is 0.510. The minimum Gasteiger partial charge on any atom is -0.0654 e. The number of hydrogen-bond donors (Lipinski definition) is 0. The minimum atomic E-state index is 0.842. The van der Waals surface area contributed by atoms with E-state index in [1.165, 1.54) is 44.9 Å². The molecule has 0 unspecified atom stereocenters. The van der Waals surface area contributed by atoms with Gasteiger partial charge in [0.05, 0.1) is 0 Å². The van der Waals surface area contributed by atoms with Crippen LogP contribution in [-0.4, -0.2) is 0 Å². The summed E-state index contributed by atoms with van der Waals surface area (Å²) in [6.07, 6.45) is 10.3. The Hall–Kier alpha value is 0. The Labute approximate surface area is 65.0 Å². The van der Waals surface area contributed by atoms with Crippen LogP contribution in [0, 0.1) is 5.41 Å². The molecule has 0 heterocycles. The molecule has 0 heteroatoms. The average Bonchev–Trinajstić information content (AvgIpc) is 2.70. The van der Waals surface area contributed by atoms with E-state index in [1.54, 1.807) is 0 Å². The molecule has 0 radical (unpaired) electrons. The van der Waals surface area contributed by atoms with E-state index in [-0.39, 0.29) is 0 Å². The third-order valence-electron chi connectivity index (χ3n) is 3.02. The first kappa shape index (κ1) is 8.10. The van der Waals surface area contributed by atoms with Gasteiger partial charge in [0.1, 0.15) is 0 Å². The maximum absolute atomic E-state index is 2.35. The predicted octanol–water partition coefficient (Wildman–Crippen LogP) is 3.76. The number of unbranched alkanes of at least 4 members (excludes halogenated alkanes) is 2. The van der Waals surface area contributed by atoms with Crippen molar-refractivity contribution in [3.8, 4) is 0 Å². The van der Waals surface area contributed by atoms with Crippen LogP contribution in [-0.2, 0) is 0 Å². The van der Waals surface area contributed by atoms with Gasteiger partial charge in [-0.2, -0.15) is 0 Å². The molecule has 1 aliphatic carbocycles. The Kier molecular flexibility index (Phi) is 2.76. The molecule has 0 spiro atoms. The van der Waals surface area contributed by atoms with E-state index in [2.05, 4.69) is 13.8 Å². The van der Waals surface area contributed by atoms with Gasteiger partial charge in [0.15, 0.2) is 0 Å². The molecule has 0 saturated heterocycles. The lowest BCUT2D eigenvalue weighted by Crippen LogP contribution is -1.96. The average molecular weight is 140 g/mol. The monoisotopic (exact) mass is 140 g/mol. The molecule has 1 saturated carbocycles. The molecular formula is C10H20. The fourth-order valence-corrected chi connectivity index (χ4v) is 1.71. The van der Waals surface area contributed by atoms with Crippen molar-refractivity contribution < 1.29 is 0 Å². The Morgan fingerprint density at radius 3 is 2.20 bits per heavy atom. The zero-order valence-electron chi connectivity index (χ0n) is 7.45. The molecule has 0 nitrogen and oxygen atoms in total. The van der Waals surface area contributed by atoms with Crippen molar-refractivity contribution in [2.75, 3.05) is 0 Å². The van der Waals surface area contributed by atoms with Gasteiger partial charge in [-0.1, -0.05) is 39.5 Å². The summed E-state index contributed by atoms with van der Waals surface area (Å²) in [6, 6.07) is 0. The number of hydrogen-bond acceptors (Lipinski definition) is 0. The maximum atomic E-state index is 2.35. The summed E-state index contributed by atoms with van der Waals surface area (Å²) in [5.41, 5.74) is 0.842. The molecule has 1 aliphatic rings. The van der Waals surface area contributed by atoms with Gasteiger partial charge in [-0.25, -0.2) is 0 Å². The molecule has 0 aromatic carbocycles. The fourth-order valence-electron chi connectivity index (χ4n) is 1.71. The highest BCUT2D eigenvalue weighted by Crippen LogP contribution is 2.52. The van der Waals surface area contributed by atoms with Crippen molar-refractivity contribution in [2.45, 2.75) is 58.8 Å². The first-order valence-corrected chi connectivity index (χ1v) is 4.83. The van der Waals surface area contributed by atoms with Crippen LogP contribution in [0.1, 0.15) is 58.8 Å². The van der Waals surface area contributed by atoms with Crippen molar-refractivity contribution in [1.82, 2.24) is 0 Å². The molecule has 60 valence electrons. The van der Waals surface area contributed by atoms with Crippen LogP contribution in [0.15, 0.2) is 0 Å². The first-order chi connectivity index (χ1) is 4.83. The lowest BCUT2D eigenvalue weighted by atomic mass is 9.96. The van der Waals surface area contributed by atoms with Gasteiger partial charge in [0.25, 0.3) is 0 Å². The van der Waals surface area contributed by atoms with Crippen LogP contribution in [0.5, 0.6) is 0 Å². The van der Waals surface area contributed by atoms with Crippen LogP contribution >= 0.6 is 0 Å². The van der Waals surface area contributed by atoms with Crippen LogP contribution in [0.2, 0.25) is 0 Å². The first-order valence-electron chi connectivity index (χ1n) is 4.83. The molecule has 10 heavy (non-hydrogen) atoms. The third-order valence-corrected chi connectivity index (χ3v) is 3.02. The van der Waals surface area contributed by atoms with Gasteiger partial charge in [-0.3, -0.25) is 0 Å². The highest BCUT2D eigenvalue weighted by atomic mass is 14.4. The summed E-state index contributed by atoms with van der Waals surface area (Å²) in [4.78, 5) is 0. The zero-order valence-corrected chi connectivity index (χ0v) is 7.45. The van der Waals surface area contributed by atoms with Gasteiger partial charge in [-0.15, -0.1) is 0 Å². The second-order valence-electron chi connectivity index (χ2n) is 3.81. The van der Waals surface area contributed by atoms with E-state index in [1.807, 2.05) is 0 Å². The lowest BCUT2D eigenvalue weighted by molar-refractivity contribution is 0.425. The Bertz CT molecular complexity index is 90.2. The van der Waals surface area contributed by atoms with Crippen LogP contribution in [0.25, 0.3) is 0 Å². The normalized spacial score (nSPS) is 21.0. The third kappa shape index (κ3) is 2.00.